The molecule has 0 N–H and O–H groups in total. The number of carbonyl (C=O) groups is 4. The van der Waals surface area contributed by atoms with Crippen LogP contribution in [-0.2, 0) is 45.4 Å². The predicted molar refractivity (Wildman–Crippen MR) is 55.4 cm³/mol. The van der Waals surface area contributed by atoms with Gasteiger partial charge in [0.15, 0.2) is 0 Å². The van der Waals surface area contributed by atoms with Gasteiger partial charge in [-0.25, -0.2) is 0 Å². The second-order valence-electron chi connectivity index (χ2n) is 1.73. The number of carboxylic acids is 4. The van der Waals surface area contributed by atoms with Gasteiger partial charge >= 0.3 is 26.2 Å². The molecule has 0 aliphatic carbocycles. The average Bonchev–Trinajstić information content (AvgIpc) is 2.40. The zero-order valence-corrected chi connectivity index (χ0v) is 12.5. The Kier molecular flexibility index (Phi) is 37.8. The minimum absolute atomic E-state index is 0. The molecule has 0 heterocycles. The van der Waals surface area contributed by atoms with E-state index >= 15 is 0 Å². The quantitative estimate of drug-likeness (QED) is 0.382. The van der Waals surface area contributed by atoms with E-state index in [9.17, 15) is 0 Å². The van der Waals surface area contributed by atoms with Crippen molar-refractivity contribution in [2.75, 3.05) is 0 Å². The standard InChI is InChI=1S/4C3H2O2.Zr/c4*1-2-3(4)5;/h4*1H,(H,4,5);/q;;;;+4/p-4. The summed E-state index contributed by atoms with van der Waals surface area (Å²) in [5.41, 5.74) is 0. The summed E-state index contributed by atoms with van der Waals surface area (Å²) in [6.45, 7) is 0. The van der Waals surface area contributed by atoms with Gasteiger partial charge in [0.25, 0.3) is 0 Å². The maximum atomic E-state index is 9.02. The largest absolute Gasteiger partial charge is 4.00 e. The van der Waals surface area contributed by atoms with Crippen LogP contribution in [0, 0.1) is 49.4 Å². The average molecular weight is 367 g/mol. The fraction of sp³-hybridized carbons (Fsp3) is 0. The van der Waals surface area contributed by atoms with Gasteiger partial charge in [-0.2, -0.15) is 0 Å². The van der Waals surface area contributed by atoms with E-state index in [-0.39, 0.29) is 26.2 Å². The Bertz CT molecular complexity index is 411. The molecule has 0 aliphatic rings. The van der Waals surface area contributed by atoms with Gasteiger partial charge in [0.05, 0.1) is 0 Å². The van der Waals surface area contributed by atoms with Crippen LogP contribution in [-0.4, -0.2) is 23.9 Å². The minimum atomic E-state index is -1.47. The maximum absolute atomic E-state index is 9.02. The third-order valence-corrected chi connectivity index (χ3v) is 0.471. The molecule has 0 fully saturated rings. The van der Waals surface area contributed by atoms with Gasteiger partial charge in [-0.05, 0) is 0 Å². The molecule has 0 aromatic carbocycles. The number of aliphatic carboxylic acids is 4. The van der Waals surface area contributed by atoms with Crippen LogP contribution in [0.3, 0.4) is 0 Å². The summed E-state index contributed by atoms with van der Waals surface area (Å²) in [5, 5.41) is 36.1. The molecule has 0 aromatic heterocycles. The Balaban J connectivity index is -0.0000000533. The van der Waals surface area contributed by atoms with Crippen LogP contribution >= 0.6 is 0 Å². The molecule has 104 valence electrons. The van der Waals surface area contributed by atoms with E-state index in [0.717, 1.165) is 0 Å². The first kappa shape index (κ1) is 30.8. The molecule has 0 rings (SSSR count). The molecule has 9 heteroatoms. The van der Waals surface area contributed by atoms with Gasteiger partial charge < -0.3 is 39.6 Å². The van der Waals surface area contributed by atoms with Crippen molar-refractivity contribution < 1.29 is 65.8 Å². The molecule has 0 bridgehead atoms. The van der Waals surface area contributed by atoms with Crippen molar-refractivity contribution in [3.8, 4) is 49.4 Å². The third-order valence-electron chi connectivity index (χ3n) is 0.471. The Morgan fingerprint density at radius 2 is 0.571 bits per heavy atom. The SMILES string of the molecule is C#CC(=O)[O-].C#CC(=O)[O-].C#CC(=O)[O-].C#CC(=O)[O-].[Zr+4]. The fourth-order valence-corrected chi connectivity index (χ4v) is 0. The van der Waals surface area contributed by atoms with Crippen molar-refractivity contribution in [2.24, 2.45) is 0 Å². The number of hydrogen-bond acceptors (Lipinski definition) is 8. The van der Waals surface area contributed by atoms with Crippen molar-refractivity contribution in [3.05, 3.63) is 0 Å². The van der Waals surface area contributed by atoms with Crippen molar-refractivity contribution >= 4 is 23.9 Å². The smallest absolute Gasteiger partial charge is 0.537 e. The first-order valence-corrected chi connectivity index (χ1v) is 3.79. The molecule has 0 aliphatic heterocycles. The van der Waals surface area contributed by atoms with E-state index in [4.69, 9.17) is 39.6 Å². The Hall–Kier alpha value is -3.00. The summed E-state index contributed by atoms with van der Waals surface area (Å²) in [4.78, 5) is 36.1. The van der Waals surface area contributed by atoms with E-state index in [1.54, 1.807) is 0 Å². The number of hydrogen-bond donors (Lipinski definition) is 0. The Morgan fingerprint density at radius 1 is 0.524 bits per heavy atom. The summed E-state index contributed by atoms with van der Waals surface area (Å²) in [6, 6.07) is 0. The maximum Gasteiger partial charge on any atom is 4.00 e. The normalized spacial score (nSPS) is 5.14. The predicted octanol–water partition coefficient (Wildman–Crippen LogP) is -6.52. The van der Waals surface area contributed by atoms with Crippen molar-refractivity contribution in [2.45, 2.75) is 0 Å². The molecule has 0 saturated heterocycles. The molecular weight excluding hydrogens is 363 g/mol. The van der Waals surface area contributed by atoms with Gasteiger partial charge in [0, 0.05) is 0 Å². The molecule has 0 unspecified atom stereocenters. The fourth-order valence-electron chi connectivity index (χ4n) is 0. The van der Waals surface area contributed by atoms with Crippen LogP contribution in [0.15, 0.2) is 0 Å². The topological polar surface area (TPSA) is 161 Å². The molecule has 0 spiro atoms. The van der Waals surface area contributed by atoms with E-state index < -0.39 is 23.9 Å². The van der Waals surface area contributed by atoms with Crippen LogP contribution in [0.5, 0.6) is 0 Å². The minimum Gasteiger partial charge on any atom is -0.537 e. The van der Waals surface area contributed by atoms with Crippen LogP contribution in [0.4, 0.5) is 0 Å². The number of rotatable bonds is 0. The van der Waals surface area contributed by atoms with E-state index in [2.05, 4.69) is 25.7 Å². The van der Waals surface area contributed by atoms with Crippen molar-refractivity contribution in [3.63, 3.8) is 0 Å². The number of carboxylic acid groups (broad SMARTS) is 4. The summed E-state index contributed by atoms with van der Waals surface area (Å²) in [7, 11) is 0. The van der Waals surface area contributed by atoms with Crippen LogP contribution < -0.4 is 20.4 Å². The number of terminal acetylenes is 4. The molecule has 0 amide bonds. The van der Waals surface area contributed by atoms with E-state index in [1.807, 2.05) is 0 Å². The molecule has 8 nitrogen and oxygen atoms in total. The monoisotopic (exact) mass is 366 g/mol. The molecule has 0 saturated carbocycles. The Morgan fingerprint density at radius 3 is 0.571 bits per heavy atom. The Labute approximate surface area is 139 Å². The van der Waals surface area contributed by atoms with Crippen LogP contribution in [0.2, 0.25) is 0 Å². The van der Waals surface area contributed by atoms with Crippen molar-refractivity contribution in [1.82, 2.24) is 0 Å². The van der Waals surface area contributed by atoms with E-state index in [1.165, 1.54) is 23.7 Å². The molecular formula is C12H4O8Zr. The zero-order chi connectivity index (χ0) is 17.1. The molecule has 0 aromatic rings. The van der Waals surface area contributed by atoms with Gasteiger partial charge in [-0.3, -0.25) is 0 Å². The first-order chi connectivity index (χ1) is 9.08. The molecule has 21 heavy (non-hydrogen) atoms. The van der Waals surface area contributed by atoms with E-state index in [0.29, 0.717) is 0 Å². The number of carbonyl (C=O) groups excluding carboxylic acids is 4. The summed E-state index contributed by atoms with van der Waals surface area (Å²) < 4.78 is 0. The van der Waals surface area contributed by atoms with Gasteiger partial charge in [-0.1, -0.05) is 23.7 Å². The summed E-state index contributed by atoms with van der Waals surface area (Å²) in [6.07, 6.45) is 17.0. The first-order valence-electron chi connectivity index (χ1n) is 3.79. The van der Waals surface area contributed by atoms with Gasteiger partial charge in [0.2, 0.25) is 0 Å². The molecule has 0 atom stereocenters. The molecule has 0 radical (unpaired) electrons. The van der Waals surface area contributed by atoms with Crippen molar-refractivity contribution in [1.29, 1.82) is 0 Å². The zero-order valence-electron chi connectivity index (χ0n) is 10.1. The summed E-state index contributed by atoms with van der Waals surface area (Å²) >= 11 is 0. The van der Waals surface area contributed by atoms with Crippen LogP contribution in [0.1, 0.15) is 0 Å². The second kappa shape index (κ2) is 25.8. The van der Waals surface area contributed by atoms with Crippen LogP contribution in [0.25, 0.3) is 0 Å². The summed E-state index contributed by atoms with van der Waals surface area (Å²) in [5.74, 6) is -0.537. The van der Waals surface area contributed by atoms with Gasteiger partial charge in [0.1, 0.15) is 23.9 Å². The van der Waals surface area contributed by atoms with Gasteiger partial charge in [-0.15, -0.1) is 25.7 Å². The third kappa shape index (κ3) is 153. The second-order valence-corrected chi connectivity index (χ2v) is 1.73.